The number of rotatable bonds is 7. The number of nitrogens with one attached hydrogen (secondary N) is 1. The first-order valence-corrected chi connectivity index (χ1v) is 12.7. The zero-order chi connectivity index (χ0) is 23.2. The highest BCUT2D eigenvalue weighted by atomic mass is 35.5. The van der Waals surface area contributed by atoms with Crippen molar-refractivity contribution < 1.29 is 9.59 Å². The van der Waals surface area contributed by atoms with Crippen LogP contribution in [0.5, 0.6) is 0 Å². The Morgan fingerprint density at radius 1 is 1.21 bits per heavy atom. The quantitative estimate of drug-likeness (QED) is 0.442. The van der Waals surface area contributed by atoms with Gasteiger partial charge in [0, 0.05) is 23.0 Å². The molecule has 0 spiro atoms. The largest absolute Gasteiger partial charge is 0.355 e. The molecule has 0 bridgehead atoms. The van der Waals surface area contributed by atoms with Gasteiger partial charge in [0.2, 0.25) is 5.91 Å². The average molecular weight is 484 g/mol. The number of carbonyl (C=O) groups is 2. The second kappa shape index (κ2) is 11.2. The van der Waals surface area contributed by atoms with Crippen molar-refractivity contribution in [3.63, 3.8) is 0 Å². The number of anilines is 1. The Labute approximate surface area is 205 Å². The van der Waals surface area contributed by atoms with Gasteiger partial charge in [-0.25, -0.2) is 0 Å². The molecule has 2 amide bonds. The van der Waals surface area contributed by atoms with Gasteiger partial charge in [0.25, 0.3) is 5.91 Å². The first-order valence-electron chi connectivity index (χ1n) is 11.5. The zero-order valence-corrected chi connectivity index (χ0v) is 20.5. The summed E-state index contributed by atoms with van der Waals surface area (Å²) in [5, 5.41) is 3.65. The van der Waals surface area contributed by atoms with Crippen molar-refractivity contribution in [3.8, 4) is 0 Å². The number of benzene rings is 2. The summed E-state index contributed by atoms with van der Waals surface area (Å²) in [6.07, 6.45) is 5.34. The second-order valence-corrected chi connectivity index (χ2v) is 10.3. The van der Waals surface area contributed by atoms with E-state index in [-0.39, 0.29) is 18.4 Å². The molecule has 2 aliphatic rings. The lowest BCUT2D eigenvalue weighted by Gasteiger charge is -2.31. The van der Waals surface area contributed by atoms with Gasteiger partial charge in [-0.3, -0.25) is 14.5 Å². The molecule has 2 aromatic carbocycles. The molecule has 1 fully saturated rings. The normalized spacial score (nSPS) is 20.1. The molecule has 0 aliphatic carbocycles. The Balaban J connectivity index is 1.38. The Morgan fingerprint density at radius 3 is 2.79 bits per heavy atom. The first kappa shape index (κ1) is 23.9. The lowest BCUT2D eigenvalue weighted by molar-refractivity contribution is -0.122. The zero-order valence-electron chi connectivity index (χ0n) is 18.9. The molecule has 33 heavy (non-hydrogen) atoms. The number of hydrogen-bond acceptors (Lipinski definition) is 4. The number of thioether (sulfide) groups is 1. The van der Waals surface area contributed by atoms with Crippen molar-refractivity contribution in [2.45, 2.75) is 31.1 Å². The molecule has 0 unspecified atom stereocenters. The number of halogens is 1. The maximum absolute atomic E-state index is 13.3. The lowest BCUT2D eigenvalue weighted by Crippen LogP contribution is -2.43. The maximum Gasteiger partial charge on any atom is 0.265 e. The van der Waals surface area contributed by atoms with Crippen molar-refractivity contribution in [1.29, 1.82) is 0 Å². The van der Waals surface area contributed by atoms with Crippen LogP contribution in [0.25, 0.3) is 6.08 Å². The van der Waals surface area contributed by atoms with Crippen LogP contribution in [0, 0.1) is 5.92 Å². The summed E-state index contributed by atoms with van der Waals surface area (Å²) < 4.78 is 0. The molecule has 1 N–H and O–H groups in total. The molecule has 0 aromatic heterocycles. The van der Waals surface area contributed by atoms with Crippen molar-refractivity contribution in [2.24, 2.45) is 5.92 Å². The molecule has 2 heterocycles. The molecular weight excluding hydrogens is 454 g/mol. The van der Waals surface area contributed by atoms with E-state index in [4.69, 9.17) is 11.6 Å². The molecule has 0 saturated carbocycles. The fourth-order valence-corrected chi connectivity index (χ4v) is 5.53. The number of fused-ring (bicyclic) bond motifs is 1. The van der Waals surface area contributed by atoms with E-state index >= 15 is 0 Å². The smallest absolute Gasteiger partial charge is 0.265 e. The van der Waals surface area contributed by atoms with Crippen LogP contribution in [0.2, 0.25) is 5.02 Å². The van der Waals surface area contributed by atoms with Gasteiger partial charge in [0.15, 0.2) is 0 Å². The second-order valence-electron chi connectivity index (χ2n) is 8.77. The Hall–Kier alpha value is -2.28. The Bertz CT molecular complexity index is 1020. The summed E-state index contributed by atoms with van der Waals surface area (Å²) in [5.41, 5.74) is 1.67. The predicted octanol–water partition coefficient (Wildman–Crippen LogP) is 5.06. The number of nitrogens with zero attached hydrogens (tertiary/aromatic N) is 2. The average Bonchev–Trinajstić information content (AvgIpc) is 2.81. The molecule has 5 nitrogen and oxygen atoms in total. The SMILES string of the molecule is C[C@@H]1CCCN(CCCNC(=O)CN2C(=O)/C(=C\c3ccc(Cl)cc3)Sc3ccccc32)C1. The van der Waals surface area contributed by atoms with E-state index in [0.717, 1.165) is 48.1 Å². The van der Waals surface area contributed by atoms with Crippen LogP contribution in [0.4, 0.5) is 5.69 Å². The van der Waals surface area contributed by atoms with Crippen LogP contribution < -0.4 is 10.2 Å². The fourth-order valence-electron chi connectivity index (χ4n) is 4.35. The molecule has 2 aliphatic heterocycles. The van der Waals surface area contributed by atoms with Gasteiger partial charge in [-0.1, -0.05) is 54.6 Å². The van der Waals surface area contributed by atoms with E-state index in [0.29, 0.717) is 16.5 Å². The van der Waals surface area contributed by atoms with Crippen molar-refractivity contribution in [2.75, 3.05) is 37.6 Å². The summed E-state index contributed by atoms with van der Waals surface area (Å²) in [4.78, 5) is 31.6. The minimum Gasteiger partial charge on any atom is -0.355 e. The molecule has 2 aromatic rings. The predicted molar refractivity (Wildman–Crippen MR) is 137 cm³/mol. The topological polar surface area (TPSA) is 52.7 Å². The van der Waals surface area contributed by atoms with E-state index in [2.05, 4.69) is 17.1 Å². The standard InChI is InChI=1S/C26H30ClN3O2S/c1-19-6-4-14-29(17-19)15-5-13-28-25(31)18-30-22-7-2-3-8-23(22)33-24(26(30)32)16-20-9-11-21(27)12-10-20/h2-3,7-12,16,19H,4-6,13-15,17-18H2,1H3,(H,28,31)/b24-16+/t19-/m1/s1. The van der Waals surface area contributed by atoms with E-state index in [9.17, 15) is 9.59 Å². The summed E-state index contributed by atoms with van der Waals surface area (Å²) in [5.74, 6) is 0.459. The number of likely N-dealkylation sites (tertiary alicyclic amines) is 1. The number of amides is 2. The van der Waals surface area contributed by atoms with Gasteiger partial charge >= 0.3 is 0 Å². The molecule has 174 valence electrons. The van der Waals surface area contributed by atoms with Gasteiger partial charge in [-0.15, -0.1) is 0 Å². The van der Waals surface area contributed by atoms with E-state index in [1.165, 1.54) is 24.6 Å². The molecule has 1 saturated heterocycles. The third-order valence-corrected chi connectivity index (χ3v) is 7.35. The maximum atomic E-state index is 13.3. The monoisotopic (exact) mass is 483 g/mol. The molecule has 4 rings (SSSR count). The van der Waals surface area contributed by atoms with Crippen molar-refractivity contribution >= 4 is 46.9 Å². The number of para-hydroxylation sites is 1. The summed E-state index contributed by atoms with van der Waals surface area (Å²) in [6, 6.07) is 15.1. The molecular formula is C26H30ClN3O2S. The lowest BCUT2D eigenvalue weighted by atomic mass is 10.0. The van der Waals surface area contributed by atoms with Crippen LogP contribution in [-0.4, -0.2) is 49.4 Å². The van der Waals surface area contributed by atoms with Gasteiger partial charge in [0.05, 0.1) is 10.6 Å². The molecule has 1 atom stereocenters. The first-order chi connectivity index (χ1) is 16.0. The van der Waals surface area contributed by atoms with Gasteiger partial charge in [0.1, 0.15) is 6.54 Å². The van der Waals surface area contributed by atoms with Gasteiger partial charge in [-0.2, -0.15) is 0 Å². The van der Waals surface area contributed by atoms with Crippen LogP contribution in [-0.2, 0) is 9.59 Å². The van der Waals surface area contributed by atoms with Crippen LogP contribution in [0.1, 0.15) is 31.7 Å². The van der Waals surface area contributed by atoms with Crippen molar-refractivity contribution in [3.05, 3.63) is 64.0 Å². The Morgan fingerprint density at radius 2 is 2.00 bits per heavy atom. The Kier molecular flexibility index (Phi) is 8.12. The van der Waals surface area contributed by atoms with Crippen LogP contribution >= 0.6 is 23.4 Å². The van der Waals surface area contributed by atoms with Gasteiger partial charge < -0.3 is 10.2 Å². The van der Waals surface area contributed by atoms with Crippen LogP contribution in [0.15, 0.2) is 58.3 Å². The highest BCUT2D eigenvalue weighted by Crippen LogP contribution is 2.41. The molecule has 7 heteroatoms. The summed E-state index contributed by atoms with van der Waals surface area (Å²) in [7, 11) is 0. The van der Waals surface area contributed by atoms with Crippen molar-refractivity contribution in [1.82, 2.24) is 10.2 Å². The van der Waals surface area contributed by atoms with Gasteiger partial charge in [-0.05, 0) is 74.2 Å². The minimum absolute atomic E-state index is 0.00904. The fraction of sp³-hybridized carbons (Fsp3) is 0.385. The van der Waals surface area contributed by atoms with E-state index < -0.39 is 0 Å². The number of hydrogen-bond donors (Lipinski definition) is 1. The van der Waals surface area contributed by atoms with E-state index in [1.54, 1.807) is 17.0 Å². The molecule has 0 radical (unpaired) electrons. The van der Waals surface area contributed by atoms with E-state index in [1.807, 2.05) is 42.5 Å². The number of piperidine rings is 1. The third kappa shape index (κ3) is 6.40. The minimum atomic E-state index is -0.161. The number of carbonyl (C=O) groups excluding carboxylic acids is 2. The highest BCUT2D eigenvalue weighted by Gasteiger charge is 2.30. The van der Waals surface area contributed by atoms with Crippen LogP contribution in [0.3, 0.4) is 0 Å². The highest BCUT2D eigenvalue weighted by molar-refractivity contribution is 8.04. The summed E-state index contributed by atoms with van der Waals surface area (Å²) >= 11 is 7.42. The summed E-state index contributed by atoms with van der Waals surface area (Å²) in [6.45, 7) is 6.23. The third-order valence-electron chi connectivity index (χ3n) is 6.02.